The maximum Gasteiger partial charge on any atom is 0.191 e. The smallest absolute Gasteiger partial charge is 0.191 e. The van der Waals surface area contributed by atoms with E-state index >= 15 is 0 Å². The molecule has 0 bridgehead atoms. The van der Waals surface area contributed by atoms with Crippen LogP contribution in [0.3, 0.4) is 0 Å². The maximum atomic E-state index is 10.1. The molecule has 2 heterocycles. The SMILES string of the molecule is CCNC(=NCC(O)c1ccco1)NC1CCN(c2ccccc2)CC1.I. The predicted octanol–water partition coefficient (Wildman–Crippen LogP) is 3.16. The van der Waals surface area contributed by atoms with E-state index < -0.39 is 6.10 Å². The van der Waals surface area contributed by atoms with Crippen molar-refractivity contribution < 1.29 is 9.52 Å². The highest BCUT2D eigenvalue weighted by atomic mass is 127. The lowest BCUT2D eigenvalue weighted by Gasteiger charge is -2.34. The number of hydrogen-bond acceptors (Lipinski definition) is 4. The largest absolute Gasteiger partial charge is 0.467 e. The Bertz CT molecular complexity index is 671. The molecule has 7 heteroatoms. The van der Waals surface area contributed by atoms with E-state index in [2.05, 4.69) is 44.8 Å². The molecule has 0 radical (unpaired) electrons. The Morgan fingerprint density at radius 2 is 1.96 bits per heavy atom. The average molecular weight is 484 g/mol. The normalized spacial score (nSPS) is 16.5. The van der Waals surface area contributed by atoms with Gasteiger partial charge in [0.05, 0.1) is 12.8 Å². The van der Waals surface area contributed by atoms with Crippen LogP contribution in [-0.2, 0) is 0 Å². The summed E-state index contributed by atoms with van der Waals surface area (Å²) in [4.78, 5) is 6.93. The standard InChI is InChI=1S/C20H28N4O2.HI/c1-2-21-20(22-15-18(25)19-9-6-14-26-19)23-16-10-12-24(13-11-16)17-7-4-3-5-8-17;/h3-9,14,16,18,25H,2,10-13,15H2,1H3,(H2,21,22,23);1H. The van der Waals surface area contributed by atoms with E-state index in [1.807, 2.05) is 13.0 Å². The molecular weight excluding hydrogens is 455 g/mol. The monoisotopic (exact) mass is 484 g/mol. The zero-order valence-corrected chi connectivity index (χ0v) is 18.0. The predicted molar refractivity (Wildman–Crippen MR) is 120 cm³/mol. The van der Waals surface area contributed by atoms with Crippen molar-refractivity contribution in [3.05, 3.63) is 54.5 Å². The van der Waals surface area contributed by atoms with Crippen LogP contribution >= 0.6 is 24.0 Å². The highest BCUT2D eigenvalue weighted by molar-refractivity contribution is 14.0. The van der Waals surface area contributed by atoms with Crippen LogP contribution in [0.5, 0.6) is 0 Å². The second-order valence-electron chi connectivity index (χ2n) is 6.49. The average Bonchev–Trinajstić information content (AvgIpc) is 3.22. The van der Waals surface area contributed by atoms with Gasteiger partial charge in [0.1, 0.15) is 11.9 Å². The van der Waals surface area contributed by atoms with Crippen molar-refractivity contribution in [3.8, 4) is 0 Å². The molecule has 1 fully saturated rings. The van der Waals surface area contributed by atoms with Crippen molar-refractivity contribution in [3.63, 3.8) is 0 Å². The third-order valence-electron chi connectivity index (χ3n) is 4.60. The minimum Gasteiger partial charge on any atom is -0.467 e. The number of anilines is 1. The Labute approximate surface area is 178 Å². The highest BCUT2D eigenvalue weighted by Gasteiger charge is 2.20. The number of aliphatic hydroxyl groups is 1. The van der Waals surface area contributed by atoms with Crippen LogP contribution in [0.2, 0.25) is 0 Å². The molecule has 3 N–H and O–H groups in total. The topological polar surface area (TPSA) is 73.0 Å². The summed E-state index contributed by atoms with van der Waals surface area (Å²) in [5.41, 5.74) is 1.29. The molecule has 0 spiro atoms. The Kier molecular flexibility index (Phi) is 8.93. The molecule has 3 rings (SSSR count). The number of furan rings is 1. The first-order chi connectivity index (χ1) is 12.8. The first kappa shape index (κ1) is 21.6. The molecule has 0 aliphatic carbocycles. The Morgan fingerprint density at radius 3 is 2.59 bits per heavy atom. The number of guanidine groups is 1. The van der Waals surface area contributed by atoms with E-state index in [1.165, 1.54) is 5.69 Å². The molecule has 1 atom stereocenters. The van der Waals surface area contributed by atoms with Crippen LogP contribution in [0.25, 0.3) is 0 Å². The summed E-state index contributed by atoms with van der Waals surface area (Å²) in [6.07, 6.45) is 2.95. The lowest BCUT2D eigenvalue weighted by Crippen LogP contribution is -2.48. The summed E-state index contributed by atoms with van der Waals surface area (Å²) in [7, 11) is 0. The van der Waals surface area contributed by atoms with Gasteiger partial charge in [-0.2, -0.15) is 0 Å². The number of aliphatic imine (C=N–C) groups is 1. The number of hydrogen-bond donors (Lipinski definition) is 3. The van der Waals surface area contributed by atoms with Crippen molar-refractivity contribution >= 4 is 35.6 Å². The number of piperidine rings is 1. The van der Waals surface area contributed by atoms with Crippen LogP contribution in [-0.4, -0.2) is 43.3 Å². The number of rotatable bonds is 6. The van der Waals surface area contributed by atoms with Crippen LogP contribution in [0, 0.1) is 0 Å². The fraction of sp³-hybridized carbons (Fsp3) is 0.450. The van der Waals surface area contributed by atoms with Gasteiger partial charge in [-0.1, -0.05) is 18.2 Å². The summed E-state index contributed by atoms with van der Waals surface area (Å²) < 4.78 is 5.23. The Hall–Kier alpha value is -1.74. The van der Waals surface area contributed by atoms with Gasteiger partial charge in [0.25, 0.3) is 0 Å². The summed E-state index contributed by atoms with van der Waals surface area (Å²) in [6.45, 7) is 5.14. The third-order valence-corrected chi connectivity index (χ3v) is 4.60. The molecule has 6 nitrogen and oxygen atoms in total. The Morgan fingerprint density at radius 1 is 1.22 bits per heavy atom. The molecular formula is C20H29IN4O2. The van der Waals surface area contributed by atoms with E-state index in [0.717, 1.165) is 38.4 Å². The van der Waals surface area contributed by atoms with Crippen molar-refractivity contribution in [1.29, 1.82) is 0 Å². The molecule has 0 amide bonds. The summed E-state index contributed by atoms with van der Waals surface area (Å²) in [6, 6.07) is 14.5. The van der Waals surface area contributed by atoms with Gasteiger partial charge in [0.15, 0.2) is 5.96 Å². The van der Waals surface area contributed by atoms with Gasteiger partial charge in [-0.3, -0.25) is 4.99 Å². The number of benzene rings is 1. The molecule has 148 valence electrons. The van der Waals surface area contributed by atoms with Crippen LogP contribution in [0.1, 0.15) is 31.6 Å². The number of nitrogens with zero attached hydrogens (tertiary/aromatic N) is 2. The van der Waals surface area contributed by atoms with Gasteiger partial charge in [0.2, 0.25) is 0 Å². The molecule has 1 aromatic carbocycles. The van der Waals surface area contributed by atoms with E-state index in [1.54, 1.807) is 18.4 Å². The minimum absolute atomic E-state index is 0. The van der Waals surface area contributed by atoms with E-state index in [-0.39, 0.29) is 30.5 Å². The Balaban J connectivity index is 0.00000261. The fourth-order valence-electron chi connectivity index (χ4n) is 3.18. The number of halogens is 1. The summed E-state index contributed by atoms with van der Waals surface area (Å²) >= 11 is 0. The van der Waals surface area contributed by atoms with E-state index in [0.29, 0.717) is 11.8 Å². The molecule has 0 saturated carbocycles. The van der Waals surface area contributed by atoms with Crippen molar-refractivity contribution in [2.75, 3.05) is 31.1 Å². The molecule has 1 aliphatic heterocycles. The number of nitrogens with one attached hydrogen (secondary N) is 2. The zero-order chi connectivity index (χ0) is 18.2. The molecule has 2 aromatic rings. The van der Waals surface area contributed by atoms with E-state index in [9.17, 15) is 5.11 Å². The van der Waals surface area contributed by atoms with Crippen molar-refractivity contribution in [1.82, 2.24) is 10.6 Å². The van der Waals surface area contributed by atoms with E-state index in [4.69, 9.17) is 4.42 Å². The second kappa shape index (κ2) is 11.2. The van der Waals surface area contributed by atoms with Crippen LogP contribution in [0.15, 0.2) is 58.1 Å². The quantitative estimate of drug-likeness (QED) is 0.334. The van der Waals surface area contributed by atoms with Gasteiger partial charge in [-0.15, -0.1) is 24.0 Å². The van der Waals surface area contributed by atoms with Crippen LogP contribution in [0.4, 0.5) is 5.69 Å². The molecule has 27 heavy (non-hydrogen) atoms. The van der Waals surface area contributed by atoms with Gasteiger partial charge >= 0.3 is 0 Å². The lowest BCUT2D eigenvalue weighted by molar-refractivity contribution is 0.158. The number of para-hydroxylation sites is 1. The first-order valence-electron chi connectivity index (χ1n) is 9.32. The zero-order valence-electron chi connectivity index (χ0n) is 15.7. The molecule has 1 saturated heterocycles. The molecule has 1 aromatic heterocycles. The maximum absolute atomic E-state index is 10.1. The van der Waals surface area contributed by atoms with Crippen molar-refractivity contribution in [2.45, 2.75) is 31.9 Å². The van der Waals surface area contributed by atoms with Crippen molar-refractivity contribution in [2.24, 2.45) is 4.99 Å². The fourth-order valence-corrected chi connectivity index (χ4v) is 3.18. The molecule has 1 unspecified atom stereocenters. The lowest BCUT2D eigenvalue weighted by atomic mass is 10.0. The summed E-state index contributed by atoms with van der Waals surface area (Å²) in [5, 5.41) is 16.9. The van der Waals surface area contributed by atoms with Gasteiger partial charge < -0.3 is 25.1 Å². The third kappa shape index (κ3) is 6.42. The highest BCUT2D eigenvalue weighted by Crippen LogP contribution is 2.19. The van der Waals surface area contributed by atoms with Gasteiger partial charge in [-0.05, 0) is 44.0 Å². The second-order valence-corrected chi connectivity index (χ2v) is 6.49. The van der Waals surface area contributed by atoms with Gasteiger partial charge in [0, 0.05) is 31.4 Å². The first-order valence-corrected chi connectivity index (χ1v) is 9.32. The number of aliphatic hydroxyl groups excluding tert-OH is 1. The van der Waals surface area contributed by atoms with Crippen LogP contribution < -0.4 is 15.5 Å². The summed E-state index contributed by atoms with van der Waals surface area (Å²) in [5.74, 6) is 1.29. The molecule has 1 aliphatic rings. The van der Waals surface area contributed by atoms with Gasteiger partial charge in [-0.25, -0.2) is 0 Å². The minimum atomic E-state index is -0.722.